The zero-order valence-corrected chi connectivity index (χ0v) is 11.7. The topological polar surface area (TPSA) is 45.6 Å². The molecule has 18 heavy (non-hydrogen) atoms. The monoisotopic (exact) mass is 281 g/mol. The number of thioether (sulfide) groups is 1. The maximum atomic E-state index is 5.16. The molecule has 1 heterocycles. The molecule has 0 radical (unpaired) electrons. The zero-order chi connectivity index (χ0) is 12.8. The number of methoxy groups -OCH3 is 1. The third kappa shape index (κ3) is 3.89. The van der Waals surface area contributed by atoms with Gasteiger partial charge in [-0.2, -0.15) is 16.9 Å². The van der Waals surface area contributed by atoms with Gasteiger partial charge >= 0.3 is 0 Å². The van der Waals surface area contributed by atoms with Gasteiger partial charge in [-0.05, 0) is 48.7 Å². The second kappa shape index (κ2) is 6.61. The highest BCUT2D eigenvalue weighted by atomic mass is 32.2. The van der Waals surface area contributed by atoms with Gasteiger partial charge in [0.1, 0.15) is 5.75 Å². The molecule has 1 aliphatic rings. The van der Waals surface area contributed by atoms with Crippen LogP contribution in [0.15, 0.2) is 29.4 Å². The van der Waals surface area contributed by atoms with Crippen LogP contribution in [-0.2, 0) is 0 Å². The van der Waals surface area contributed by atoms with Gasteiger partial charge in [0.2, 0.25) is 0 Å². The summed E-state index contributed by atoms with van der Waals surface area (Å²) < 4.78 is 5.09. The molecule has 1 aromatic rings. The summed E-state index contributed by atoms with van der Waals surface area (Å²) in [7, 11) is 1.64. The van der Waals surface area contributed by atoms with E-state index in [1.807, 2.05) is 36.0 Å². The minimum absolute atomic E-state index is 0.504. The molecule has 0 amide bonds. The van der Waals surface area contributed by atoms with Crippen molar-refractivity contribution in [1.82, 2.24) is 5.43 Å². The van der Waals surface area contributed by atoms with Gasteiger partial charge in [-0.1, -0.05) is 0 Å². The lowest BCUT2D eigenvalue weighted by Gasteiger charge is -2.08. The van der Waals surface area contributed by atoms with Crippen LogP contribution in [0.1, 0.15) is 6.42 Å². The standard InChI is InChI=1S/C12H15N3OS2/c1-16-11-4-2-9(3-5-11)13-12(17)15-14-10-6-7-18-8-10/h2-5H,6-8H2,1H3,(H2,13,15,17)/b14-10+. The molecular formula is C12H15N3OS2. The highest BCUT2D eigenvalue weighted by Gasteiger charge is 2.08. The van der Waals surface area contributed by atoms with Crippen LogP contribution < -0.4 is 15.5 Å². The molecule has 0 bridgehead atoms. The van der Waals surface area contributed by atoms with Gasteiger partial charge in [0, 0.05) is 17.2 Å². The predicted octanol–water partition coefficient (Wildman–Crippen LogP) is 2.47. The summed E-state index contributed by atoms with van der Waals surface area (Å²) in [6.45, 7) is 0. The highest BCUT2D eigenvalue weighted by molar-refractivity contribution is 8.00. The van der Waals surface area contributed by atoms with E-state index in [2.05, 4.69) is 15.8 Å². The van der Waals surface area contributed by atoms with Gasteiger partial charge in [0.15, 0.2) is 5.11 Å². The number of ether oxygens (including phenoxy) is 1. The van der Waals surface area contributed by atoms with E-state index in [-0.39, 0.29) is 0 Å². The Morgan fingerprint density at radius 2 is 2.17 bits per heavy atom. The maximum absolute atomic E-state index is 5.16. The van der Waals surface area contributed by atoms with E-state index in [4.69, 9.17) is 17.0 Å². The maximum Gasteiger partial charge on any atom is 0.191 e. The second-order valence-electron chi connectivity index (χ2n) is 3.78. The number of hydrazone groups is 1. The fraction of sp³-hybridized carbons (Fsp3) is 0.333. The molecule has 2 N–H and O–H groups in total. The van der Waals surface area contributed by atoms with Crippen LogP contribution in [0.2, 0.25) is 0 Å². The molecule has 96 valence electrons. The Morgan fingerprint density at radius 1 is 1.39 bits per heavy atom. The molecule has 1 fully saturated rings. The van der Waals surface area contributed by atoms with Gasteiger partial charge < -0.3 is 10.1 Å². The number of nitrogens with one attached hydrogen (secondary N) is 2. The molecule has 0 atom stereocenters. The van der Waals surface area contributed by atoms with Gasteiger partial charge in [-0.15, -0.1) is 0 Å². The Hall–Kier alpha value is -1.27. The molecule has 0 saturated carbocycles. The van der Waals surface area contributed by atoms with Crippen LogP contribution >= 0.6 is 24.0 Å². The largest absolute Gasteiger partial charge is 0.497 e. The lowest BCUT2D eigenvalue weighted by Crippen LogP contribution is -2.25. The molecule has 0 aliphatic carbocycles. The lowest BCUT2D eigenvalue weighted by atomic mass is 10.3. The fourth-order valence-electron chi connectivity index (χ4n) is 1.50. The highest BCUT2D eigenvalue weighted by Crippen LogP contribution is 2.15. The van der Waals surface area contributed by atoms with Crippen molar-refractivity contribution in [1.29, 1.82) is 0 Å². The van der Waals surface area contributed by atoms with Crippen molar-refractivity contribution >= 4 is 40.5 Å². The molecular weight excluding hydrogens is 266 g/mol. The van der Waals surface area contributed by atoms with E-state index in [1.165, 1.54) is 5.71 Å². The number of hydrogen-bond donors (Lipinski definition) is 2. The molecule has 0 unspecified atom stereocenters. The van der Waals surface area contributed by atoms with E-state index < -0.39 is 0 Å². The molecule has 1 aliphatic heterocycles. The number of benzene rings is 1. The van der Waals surface area contributed by atoms with Gasteiger partial charge in [-0.3, -0.25) is 5.43 Å². The Kier molecular flexibility index (Phi) is 4.83. The van der Waals surface area contributed by atoms with Crippen LogP contribution in [0, 0.1) is 0 Å². The minimum Gasteiger partial charge on any atom is -0.497 e. The van der Waals surface area contributed by atoms with Crippen molar-refractivity contribution in [2.75, 3.05) is 23.9 Å². The summed E-state index contributed by atoms with van der Waals surface area (Å²) in [5, 5.41) is 7.84. The third-order valence-corrected chi connectivity index (χ3v) is 3.69. The Morgan fingerprint density at radius 3 is 2.78 bits per heavy atom. The van der Waals surface area contributed by atoms with Crippen molar-refractivity contribution in [3.63, 3.8) is 0 Å². The zero-order valence-electron chi connectivity index (χ0n) is 10.1. The quantitative estimate of drug-likeness (QED) is 0.658. The molecule has 0 aromatic heterocycles. The van der Waals surface area contributed by atoms with Crippen LogP contribution in [-0.4, -0.2) is 29.4 Å². The minimum atomic E-state index is 0.504. The molecule has 6 heteroatoms. The van der Waals surface area contributed by atoms with E-state index in [9.17, 15) is 0 Å². The first-order valence-electron chi connectivity index (χ1n) is 5.62. The second-order valence-corrected chi connectivity index (χ2v) is 5.29. The number of nitrogens with zero attached hydrogens (tertiary/aromatic N) is 1. The summed E-state index contributed by atoms with van der Waals surface area (Å²) in [6.07, 6.45) is 1.04. The van der Waals surface area contributed by atoms with Crippen molar-refractivity contribution in [2.45, 2.75) is 6.42 Å². The lowest BCUT2D eigenvalue weighted by molar-refractivity contribution is 0.415. The first kappa shape index (κ1) is 13.2. The Bertz CT molecular complexity index is 437. The average molecular weight is 281 g/mol. The average Bonchev–Trinajstić information content (AvgIpc) is 2.90. The van der Waals surface area contributed by atoms with Crippen molar-refractivity contribution in [3.05, 3.63) is 24.3 Å². The van der Waals surface area contributed by atoms with E-state index in [1.54, 1.807) is 7.11 Å². The number of rotatable bonds is 3. The van der Waals surface area contributed by atoms with Crippen LogP contribution in [0.25, 0.3) is 0 Å². The first-order chi connectivity index (χ1) is 8.78. The number of anilines is 1. The van der Waals surface area contributed by atoms with Gasteiger partial charge in [0.05, 0.1) is 7.11 Å². The smallest absolute Gasteiger partial charge is 0.191 e. The normalized spacial score (nSPS) is 16.6. The van der Waals surface area contributed by atoms with E-state index >= 15 is 0 Å². The summed E-state index contributed by atoms with van der Waals surface area (Å²) >= 11 is 7.06. The summed E-state index contributed by atoms with van der Waals surface area (Å²) in [6, 6.07) is 7.58. The predicted molar refractivity (Wildman–Crippen MR) is 81.7 cm³/mol. The third-order valence-electron chi connectivity index (χ3n) is 2.47. The van der Waals surface area contributed by atoms with Crippen LogP contribution in [0.3, 0.4) is 0 Å². The van der Waals surface area contributed by atoms with Gasteiger partial charge in [-0.25, -0.2) is 0 Å². The number of hydrogen-bond acceptors (Lipinski definition) is 4. The molecule has 0 spiro atoms. The molecule has 1 aromatic carbocycles. The van der Waals surface area contributed by atoms with Gasteiger partial charge in [0.25, 0.3) is 0 Å². The van der Waals surface area contributed by atoms with Crippen molar-refractivity contribution < 1.29 is 4.74 Å². The molecule has 1 saturated heterocycles. The SMILES string of the molecule is COc1ccc(NC(=S)N/N=C2\CCSC2)cc1. The Balaban J connectivity index is 1.84. The first-order valence-corrected chi connectivity index (χ1v) is 7.18. The van der Waals surface area contributed by atoms with Crippen LogP contribution in [0.4, 0.5) is 5.69 Å². The summed E-state index contributed by atoms with van der Waals surface area (Å²) in [5.41, 5.74) is 4.94. The summed E-state index contributed by atoms with van der Waals surface area (Å²) in [5.74, 6) is 2.97. The van der Waals surface area contributed by atoms with Crippen molar-refractivity contribution in [2.24, 2.45) is 5.10 Å². The molecule has 4 nitrogen and oxygen atoms in total. The number of thiocarbonyl (C=S) groups is 1. The van der Waals surface area contributed by atoms with E-state index in [0.717, 1.165) is 29.4 Å². The van der Waals surface area contributed by atoms with Crippen LogP contribution in [0.5, 0.6) is 5.75 Å². The Labute approximate surface area is 116 Å². The van der Waals surface area contributed by atoms with E-state index in [0.29, 0.717) is 5.11 Å². The summed E-state index contributed by atoms with van der Waals surface area (Å²) in [4.78, 5) is 0. The fourth-order valence-corrected chi connectivity index (χ4v) is 2.64. The molecule has 2 rings (SSSR count). The van der Waals surface area contributed by atoms with Crippen molar-refractivity contribution in [3.8, 4) is 5.75 Å².